The second-order valence-electron chi connectivity index (χ2n) is 5.27. The maximum Gasteiger partial charge on any atom is 0.229 e. The number of methoxy groups -OCH3 is 1. The Morgan fingerprint density at radius 3 is 2.95 bits per heavy atom. The molecule has 1 atom stereocenters. The van der Waals surface area contributed by atoms with Gasteiger partial charge in [0.25, 0.3) is 0 Å². The monoisotopic (exact) mass is 290 g/mol. The van der Waals surface area contributed by atoms with Crippen LogP contribution in [0, 0.1) is 5.92 Å². The molecule has 0 amide bonds. The normalized spacial score (nSPS) is 17.0. The van der Waals surface area contributed by atoms with Crippen molar-refractivity contribution in [2.24, 2.45) is 5.92 Å². The van der Waals surface area contributed by atoms with Crippen LogP contribution in [0.1, 0.15) is 31.6 Å². The van der Waals surface area contributed by atoms with Gasteiger partial charge >= 0.3 is 0 Å². The van der Waals surface area contributed by atoms with E-state index in [1.807, 2.05) is 0 Å². The summed E-state index contributed by atoms with van der Waals surface area (Å²) in [5.41, 5.74) is 0.534. The van der Waals surface area contributed by atoms with E-state index >= 15 is 0 Å². The molecular weight excluding hydrogens is 272 g/mol. The average molecular weight is 290 g/mol. The predicted octanol–water partition coefficient (Wildman–Crippen LogP) is 1.63. The van der Waals surface area contributed by atoms with E-state index in [1.165, 1.54) is 26.3 Å². The van der Waals surface area contributed by atoms with Gasteiger partial charge in [-0.05, 0) is 18.8 Å². The third-order valence-corrected chi connectivity index (χ3v) is 3.88. The maximum atomic E-state index is 10.2. The first kappa shape index (κ1) is 13.9. The largest absolute Gasteiger partial charge is 0.481 e. The molecule has 2 aromatic heterocycles. The zero-order chi connectivity index (χ0) is 14.7. The summed E-state index contributed by atoms with van der Waals surface area (Å²) in [6, 6.07) is 1.64. The highest BCUT2D eigenvalue weighted by atomic mass is 16.5. The van der Waals surface area contributed by atoms with Crippen molar-refractivity contribution < 1.29 is 14.4 Å². The van der Waals surface area contributed by atoms with Gasteiger partial charge in [0.05, 0.1) is 19.6 Å². The van der Waals surface area contributed by atoms with Gasteiger partial charge in [-0.3, -0.25) is 0 Å². The quantitative estimate of drug-likeness (QED) is 0.894. The van der Waals surface area contributed by atoms with Gasteiger partial charge in [-0.1, -0.05) is 18.0 Å². The lowest BCUT2D eigenvalue weighted by molar-refractivity contribution is 0.102. The molecule has 0 aliphatic heterocycles. The van der Waals surface area contributed by atoms with Crippen LogP contribution in [0.2, 0.25) is 0 Å². The van der Waals surface area contributed by atoms with E-state index in [9.17, 15) is 5.11 Å². The van der Waals surface area contributed by atoms with Crippen LogP contribution in [-0.2, 0) is 6.42 Å². The van der Waals surface area contributed by atoms with E-state index < -0.39 is 6.10 Å². The van der Waals surface area contributed by atoms with Crippen molar-refractivity contribution in [3.63, 3.8) is 0 Å². The third-order valence-electron chi connectivity index (χ3n) is 3.88. The number of rotatable bonds is 5. The Balaban J connectivity index is 1.70. The van der Waals surface area contributed by atoms with Crippen molar-refractivity contribution in [2.45, 2.75) is 38.2 Å². The molecule has 0 radical (unpaired) electrons. The summed E-state index contributed by atoms with van der Waals surface area (Å²) in [6.07, 6.45) is 5.89. The van der Waals surface area contributed by atoms with Gasteiger partial charge in [0.1, 0.15) is 12.0 Å². The number of aliphatic hydroxyl groups is 1. The molecule has 7 nitrogen and oxygen atoms in total. The minimum atomic E-state index is -0.416. The van der Waals surface area contributed by atoms with E-state index in [2.05, 4.69) is 20.1 Å². The van der Waals surface area contributed by atoms with Crippen LogP contribution in [0.25, 0.3) is 11.5 Å². The van der Waals surface area contributed by atoms with Crippen molar-refractivity contribution in [2.75, 3.05) is 7.11 Å². The summed E-state index contributed by atoms with van der Waals surface area (Å²) in [6.45, 7) is 0. The van der Waals surface area contributed by atoms with E-state index in [0.717, 1.165) is 12.8 Å². The topological polar surface area (TPSA) is 94.2 Å². The zero-order valence-corrected chi connectivity index (χ0v) is 11.9. The summed E-state index contributed by atoms with van der Waals surface area (Å²) in [7, 11) is 1.53. The number of hydrogen-bond acceptors (Lipinski definition) is 7. The first-order valence-electron chi connectivity index (χ1n) is 7.13. The second-order valence-corrected chi connectivity index (χ2v) is 5.27. The molecule has 1 fully saturated rings. The number of aromatic nitrogens is 4. The standard InChI is InChI=1S/C14H18N4O3/c1-20-12-6-10(15-8-16-12)14-17-13(21-18-14)7-11(19)9-4-2-3-5-9/h6,8-9,11,19H,2-5,7H2,1H3. The lowest BCUT2D eigenvalue weighted by atomic mass is 9.98. The fraction of sp³-hybridized carbons (Fsp3) is 0.571. The van der Waals surface area contributed by atoms with Crippen LogP contribution in [0.3, 0.4) is 0 Å². The smallest absolute Gasteiger partial charge is 0.229 e. The van der Waals surface area contributed by atoms with Crippen LogP contribution in [0.15, 0.2) is 16.9 Å². The summed E-state index contributed by atoms with van der Waals surface area (Å²) in [4.78, 5) is 12.3. The minimum Gasteiger partial charge on any atom is -0.481 e. The van der Waals surface area contributed by atoms with Gasteiger partial charge in [-0.15, -0.1) is 0 Å². The van der Waals surface area contributed by atoms with Crippen molar-refractivity contribution in [3.05, 3.63) is 18.3 Å². The Hall–Kier alpha value is -2.02. The molecule has 0 bridgehead atoms. The number of ether oxygens (including phenoxy) is 1. The highest BCUT2D eigenvalue weighted by molar-refractivity contribution is 5.49. The number of hydrogen-bond donors (Lipinski definition) is 1. The number of aliphatic hydroxyl groups excluding tert-OH is 1. The SMILES string of the molecule is COc1cc(-c2noc(CC(O)C3CCCC3)n2)ncn1. The van der Waals surface area contributed by atoms with Gasteiger partial charge in [0.15, 0.2) is 0 Å². The highest BCUT2D eigenvalue weighted by Crippen LogP contribution is 2.29. The van der Waals surface area contributed by atoms with Crippen molar-refractivity contribution in [3.8, 4) is 17.4 Å². The molecule has 0 aromatic carbocycles. The Bertz CT molecular complexity index is 595. The molecule has 0 saturated heterocycles. The van der Waals surface area contributed by atoms with E-state index in [4.69, 9.17) is 9.26 Å². The average Bonchev–Trinajstić information content (AvgIpc) is 3.18. The molecule has 1 unspecified atom stereocenters. The van der Waals surface area contributed by atoms with Gasteiger partial charge in [-0.25, -0.2) is 9.97 Å². The van der Waals surface area contributed by atoms with Crippen LogP contribution < -0.4 is 4.74 Å². The van der Waals surface area contributed by atoms with Gasteiger partial charge in [0.2, 0.25) is 17.6 Å². The molecule has 1 aliphatic carbocycles. The van der Waals surface area contributed by atoms with Crippen LogP contribution in [0.4, 0.5) is 0 Å². The fourth-order valence-corrected chi connectivity index (χ4v) is 2.70. The molecule has 1 aliphatic rings. The third kappa shape index (κ3) is 3.18. The van der Waals surface area contributed by atoms with E-state index in [0.29, 0.717) is 35.6 Å². The second kappa shape index (κ2) is 6.17. The van der Waals surface area contributed by atoms with Gasteiger partial charge in [-0.2, -0.15) is 4.98 Å². The van der Waals surface area contributed by atoms with Crippen LogP contribution in [0.5, 0.6) is 5.88 Å². The first-order valence-corrected chi connectivity index (χ1v) is 7.13. The Kier molecular flexibility index (Phi) is 4.10. The molecule has 7 heteroatoms. The summed E-state index contributed by atoms with van der Waals surface area (Å²) in [5, 5.41) is 14.1. The van der Waals surface area contributed by atoms with Crippen molar-refractivity contribution >= 4 is 0 Å². The molecule has 21 heavy (non-hydrogen) atoms. The molecule has 2 heterocycles. The molecule has 0 spiro atoms. The molecule has 2 aromatic rings. The Labute approximate surface area is 122 Å². The van der Waals surface area contributed by atoms with E-state index in [1.54, 1.807) is 6.07 Å². The van der Waals surface area contributed by atoms with Gasteiger partial charge < -0.3 is 14.4 Å². The maximum absolute atomic E-state index is 10.2. The lowest BCUT2D eigenvalue weighted by Crippen LogP contribution is -2.20. The molecule has 1 saturated carbocycles. The Morgan fingerprint density at radius 1 is 1.38 bits per heavy atom. The Morgan fingerprint density at radius 2 is 2.19 bits per heavy atom. The van der Waals surface area contributed by atoms with Gasteiger partial charge in [0, 0.05) is 6.07 Å². The molecule has 112 valence electrons. The highest BCUT2D eigenvalue weighted by Gasteiger charge is 2.25. The predicted molar refractivity (Wildman–Crippen MR) is 73.5 cm³/mol. The molecule has 3 rings (SSSR count). The lowest BCUT2D eigenvalue weighted by Gasteiger charge is -2.14. The zero-order valence-electron chi connectivity index (χ0n) is 11.9. The summed E-state index contributed by atoms with van der Waals surface area (Å²) in [5.74, 6) is 1.60. The van der Waals surface area contributed by atoms with Crippen LogP contribution in [-0.4, -0.2) is 38.4 Å². The van der Waals surface area contributed by atoms with E-state index in [-0.39, 0.29) is 0 Å². The first-order chi connectivity index (χ1) is 10.3. The number of nitrogens with zero attached hydrogens (tertiary/aromatic N) is 4. The van der Waals surface area contributed by atoms with Crippen molar-refractivity contribution in [1.29, 1.82) is 0 Å². The molecular formula is C14H18N4O3. The fourth-order valence-electron chi connectivity index (χ4n) is 2.70. The summed E-state index contributed by atoms with van der Waals surface area (Å²) < 4.78 is 10.2. The molecule has 1 N–H and O–H groups in total. The minimum absolute atomic E-state index is 0.347. The van der Waals surface area contributed by atoms with Crippen LogP contribution >= 0.6 is 0 Å². The summed E-state index contributed by atoms with van der Waals surface area (Å²) >= 11 is 0. The van der Waals surface area contributed by atoms with Crippen molar-refractivity contribution in [1.82, 2.24) is 20.1 Å².